The van der Waals surface area contributed by atoms with Gasteiger partial charge in [0.1, 0.15) is 5.82 Å². The molecule has 0 fully saturated rings. The van der Waals surface area contributed by atoms with Crippen LogP contribution in [0.2, 0.25) is 0 Å². The molecule has 0 radical (unpaired) electrons. The zero-order chi connectivity index (χ0) is 13.9. The van der Waals surface area contributed by atoms with Gasteiger partial charge < -0.3 is 16.2 Å². The molecule has 1 unspecified atom stereocenters. The molecule has 0 heterocycles. The number of carbonyl (C=O) groups is 2. The smallest absolute Gasteiger partial charge is 0.337 e. The van der Waals surface area contributed by atoms with Crippen LogP contribution in [0.4, 0.5) is 10.1 Å². The zero-order valence-electron chi connectivity index (χ0n) is 10.2. The Balaban J connectivity index is 3.05. The number of rotatable bonds is 4. The molecule has 1 rings (SSSR count). The lowest BCUT2D eigenvalue weighted by atomic mass is 9.99. The van der Waals surface area contributed by atoms with Crippen molar-refractivity contribution in [2.75, 3.05) is 5.32 Å². The van der Waals surface area contributed by atoms with Gasteiger partial charge in [0.15, 0.2) is 0 Å². The average molecular weight is 254 g/mol. The summed E-state index contributed by atoms with van der Waals surface area (Å²) in [5.41, 5.74) is 4.34. The summed E-state index contributed by atoms with van der Waals surface area (Å²) >= 11 is 0. The molecular formula is C12H15FN2O3. The molecule has 0 aliphatic carbocycles. The van der Waals surface area contributed by atoms with E-state index in [-0.39, 0.29) is 11.3 Å². The van der Waals surface area contributed by atoms with Gasteiger partial charge in [-0.3, -0.25) is 4.79 Å². The molecule has 1 atom stereocenters. The maximum atomic E-state index is 12.9. The molecule has 0 spiro atoms. The third-order valence-corrected chi connectivity index (χ3v) is 2.71. The largest absolute Gasteiger partial charge is 0.478 e. The SMILES string of the molecule is CCC(C)(N)C(=O)Nc1ccc(F)cc1C(=O)O. The number of amides is 1. The summed E-state index contributed by atoms with van der Waals surface area (Å²) in [6, 6.07) is 3.11. The number of hydrogen-bond acceptors (Lipinski definition) is 3. The van der Waals surface area contributed by atoms with Crippen molar-refractivity contribution in [3.63, 3.8) is 0 Å². The minimum absolute atomic E-state index is 0.0269. The van der Waals surface area contributed by atoms with E-state index < -0.39 is 23.2 Å². The number of aromatic carboxylic acids is 1. The summed E-state index contributed by atoms with van der Waals surface area (Å²) in [6.07, 6.45) is 0.391. The predicted octanol–water partition coefficient (Wildman–Crippen LogP) is 1.59. The van der Waals surface area contributed by atoms with Crippen LogP contribution < -0.4 is 11.1 Å². The zero-order valence-corrected chi connectivity index (χ0v) is 10.2. The number of hydrogen-bond donors (Lipinski definition) is 3. The number of nitrogens with two attached hydrogens (primary N) is 1. The maximum absolute atomic E-state index is 12.9. The molecule has 98 valence electrons. The minimum Gasteiger partial charge on any atom is -0.478 e. The number of anilines is 1. The molecular weight excluding hydrogens is 239 g/mol. The van der Waals surface area contributed by atoms with Gasteiger partial charge in [-0.15, -0.1) is 0 Å². The number of carbonyl (C=O) groups excluding carboxylic acids is 1. The van der Waals surface area contributed by atoms with Crippen molar-refractivity contribution >= 4 is 17.6 Å². The summed E-state index contributed by atoms with van der Waals surface area (Å²) in [5, 5.41) is 11.3. The highest BCUT2D eigenvalue weighted by atomic mass is 19.1. The Morgan fingerprint density at radius 1 is 1.50 bits per heavy atom. The van der Waals surface area contributed by atoms with E-state index in [4.69, 9.17) is 10.8 Å². The van der Waals surface area contributed by atoms with Gasteiger partial charge in [-0.05, 0) is 31.5 Å². The summed E-state index contributed by atoms with van der Waals surface area (Å²) in [7, 11) is 0. The molecule has 5 nitrogen and oxygen atoms in total. The molecule has 0 aromatic heterocycles. The summed E-state index contributed by atoms with van der Waals surface area (Å²) < 4.78 is 12.9. The first kappa shape index (κ1) is 14.1. The van der Waals surface area contributed by atoms with Gasteiger partial charge in [-0.1, -0.05) is 6.92 Å². The summed E-state index contributed by atoms with van der Waals surface area (Å²) in [4.78, 5) is 22.7. The second-order valence-corrected chi connectivity index (χ2v) is 4.22. The average Bonchev–Trinajstić information content (AvgIpc) is 2.31. The molecule has 4 N–H and O–H groups in total. The van der Waals surface area contributed by atoms with Crippen molar-refractivity contribution in [1.82, 2.24) is 0 Å². The Morgan fingerprint density at radius 3 is 2.61 bits per heavy atom. The van der Waals surface area contributed by atoms with Crippen molar-refractivity contribution in [3.8, 4) is 0 Å². The van der Waals surface area contributed by atoms with E-state index in [1.54, 1.807) is 6.92 Å². The molecule has 18 heavy (non-hydrogen) atoms. The fourth-order valence-electron chi connectivity index (χ4n) is 1.23. The van der Waals surface area contributed by atoms with E-state index in [0.29, 0.717) is 6.42 Å². The number of carboxylic acid groups (broad SMARTS) is 1. The highest BCUT2D eigenvalue weighted by molar-refractivity contribution is 6.03. The van der Waals surface area contributed by atoms with Crippen LogP contribution in [0.15, 0.2) is 18.2 Å². The number of benzene rings is 1. The first-order chi connectivity index (χ1) is 8.27. The molecule has 0 saturated carbocycles. The molecule has 0 aliphatic heterocycles. The van der Waals surface area contributed by atoms with E-state index >= 15 is 0 Å². The second kappa shape index (κ2) is 5.14. The fraction of sp³-hybridized carbons (Fsp3) is 0.333. The first-order valence-corrected chi connectivity index (χ1v) is 5.41. The number of nitrogens with one attached hydrogen (secondary N) is 1. The van der Waals surface area contributed by atoms with Gasteiger partial charge in [-0.2, -0.15) is 0 Å². The van der Waals surface area contributed by atoms with Gasteiger partial charge in [0.05, 0.1) is 16.8 Å². The lowest BCUT2D eigenvalue weighted by Gasteiger charge is -2.22. The Bertz CT molecular complexity index is 486. The topological polar surface area (TPSA) is 92.4 Å². The second-order valence-electron chi connectivity index (χ2n) is 4.22. The predicted molar refractivity (Wildman–Crippen MR) is 64.9 cm³/mol. The van der Waals surface area contributed by atoms with Gasteiger partial charge in [-0.25, -0.2) is 9.18 Å². The molecule has 1 aromatic rings. The van der Waals surface area contributed by atoms with Crippen LogP contribution in [0.5, 0.6) is 0 Å². The van der Waals surface area contributed by atoms with Crippen LogP contribution in [0.3, 0.4) is 0 Å². The Kier molecular flexibility index (Phi) is 4.03. The maximum Gasteiger partial charge on any atom is 0.337 e. The lowest BCUT2D eigenvalue weighted by Crippen LogP contribution is -2.48. The lowest BCUT2D eigenvalue weighted by molar-refractivity contribution is -0.120. The third-order valence-electron chi connectivity index (χ3n) is 2.71. The summed E-state index contributed by atoms with van der Waals surface area (Å²) in [5.74, 6) is -2.52. The monoisotopic (exact) mass is 254 g/mol. The highest BCUT2D eigenvalue weighted by Crippen LogP contribution is 2.19. The van der Waals surface area contributed by atoms with Crippen molar-refractivity contribution in [3.05, 3.63) is 29.6 Å². The molecule has 0 aliphatic rings. The van der Waals surface area contributed by atoms with Gasteiger partial charge in [0.25, 0.3) is 0 Å². The van der Waals surface area contributed by atoms with Crippen molar-refractivity contribution in [2.45, 2.75) is 25.8 Å². The van der Waals surface area contributed by atoms with Crippen molar-refractivity contribution in [2.24, 2.45) is 5.73 Å². The van der Waals surface area contributed by atoms with E-state index in [1.165, 1.54) is 13.0 Å². The van der Waals surface area contributed by atoms with Gasteiger partial charge in [0.2, 0.25) is 5.91 Å². The molecule has 1 amide bonds. The van der Waals surface area contributed by atoms with Crippen LogP contribution in [-0.2, 0) is 4.79 Å². The molecule has 0 bridgehead atoms. The highest BCUT2D eigenvalue weighted by Gasteiger charge is 2.27. The van der Waals surface area contributed by atoms with E-state index in [0.717, 1.165) is 12.1 Å². The third kappa shape index (κ3) is 3.04. The van der Waals surface area contributed by atoms with Crippen LogP contribution in [0, 0.1) is 5.82 Å². The molecule has 6 heteroatoms. The van der Waals surface area contributed by atoms with Crippen molar-refractivity contribution < 1.29 is 19.1 Å². The molecule has 1 aromatic carbocycles. The Hall–Kier alpha value is -1.95. The minimum atomic E-state index is -1.32. The van der Waals surface area contributed by atoms with E-state index in [9.17, 15) is 14.0 Å². The standard InChI is InChI=1S/C12H15FN2O3/c1-3-12(2,14)11(18)15-9-5-4-7(13)6-8(9)10(16)17/h4-6H,3,14H2,1-2H3,(H,15,18)(H,16,17). The quantitative estimate of drug-likeness (QED) is 0.760. The fourth-order valence-corrected chi connectivity index (χ4v) is 1.23. The normalized spacial score (nSPS) is 13.8. The van der Waals surface area contributed by atoms with Crippen LogP contribution in [0.1, 0.15) is 30.6 Å². The van der Waals surface area contributed by atoms with Gasteiger partial charge in [0, 0.05) is 0 Å². The number of halogens is 1. The van der Waals surface area contributed by atoms with Gasteiger partial charge >= 0.3 is 5.97 Å². The Morgan fingerprint density at radius 2 is 2.11 bits per heavy atom. The molecule has 0 saturated heterocycles. The summed E-state index contributed by atoms with van der Waals surface area (Å²) in [6.45, 7) is 3.27. The number of carboxylic acids is 1. The van der Waals surface area contributed by atoms with E-state index in [1.807, 2.05) is 0 Å². The Labute approximate surface area is 104 Å². The van der Waals surface area contributed by atoms with Crippen LogP contribution >= 0.6 is 0 Å². The van der Waals surface area contributed by atoms with Crippen molar-refractivity contribution in [1.29, 1.82) is 0 Å². The van der Waals surface area contributed by atoms with Crippen LogP contribution in [0.25, 0.3) is 0 Å². The van der Waals surface area contributed by atoms with Crippen LogP contribution in [-0.4, -0.2) is 22.5 Å². The first-order valence-electron chi connectivity index (χ1n) is 5.41. The van der Waals surface area contributed by atoms with E-state index in [2.05, 4.69) is 5.32 Å².